The second-order valence-electron chi connectivity index (χ2n) is 4.32. The average molecular weight is 228 g/mol. The number of rotatable bonds is 7. The summed E-state index contributed by atoms with van der Waals surface area (Å²) in [6.45, 7) is 5.32. The predicted molar refractivity (Wildman–Crippen MR) is 64.4 cm³/mol. The summed E-state index contributed by atoms with van der Waals surface area (Å²) in [7, 11) is 1.68. The van der Waals surface area contributed by atoms with Crippen LogP contribution < -0.4 is 5.32 Å². The SMILES string of the molecule is CCCCN(CCOC)C(=O)C1CCCN1. The van der Waals surface area contributed by atoms with Gasteiger partial charge < -0.3 is 15.0 Å². The van der Waals surface area contributed by atoms with Crippen molar-refractivity contribution >= 4 is 5.91 Å². The lowest BCUT2D eigenvalue weighted by molar-refractivity contribution is -0.133. The molecule has 94 valence electrons. The molecule has 1 rings (SSSR count). The Morgan fingerprint density at radius 3 is 2.88 bits per heavy atom. The first-order valence-corrected chi connectivity index (χ1v) is 6.30. The Morgan fingerprint density at radius 2 is 2.31 bits per heavy atom. The second-order valence-corrected chi connectivity index (χ2v) is 4.32. The summed E-state index contributed by atoms with van der Waals surface area (Å²) in [6, 6.07) is 0.0497. The summed E-state index contributed by atoms with van der Waals surface area (Å²) in [5.74, 6) is 0.253. The number of carbonyl (C=O) groups is 1. The molecule has 1 unspecified atom stereocenters. The van der Waals surface area contributed by atoms with E-state index in [1.54, 1.807) is 7.11 Å². The van der Waals surface area contributed by atoms with Crippen molar-refractivity contribution in [3.63, 3.8) is 0 Å². The first-order valence-electron chi connectivity index (χ1n) is 6.30. The van der Waals surface area contributed by atoms with Gasteiger partial charge in [0.15, 0.2) is 0 Å². The molecule has 0 aliphatic carbocycles. The third kappa shape index (κ3) is 4.10. The van der Waals surface area contributed by atoms with Crippen molar-refractivity contribution in [3.05, 3.63) is 0 Å². The predicted octanol–water partition coefficient (Wildman–Crippen LogP) is 1.01. The van der Waals surface area contributed by atoms with Crippen LogP contribution in [0.4, 0.5) is 0 Å². The lowest BCUT2D eigenvalue weighted by atomic mass is 10.2. The van der Waals surface area contributed by atoms with Crippen LogP contribution in [-0.4, -0.2) is 50.2 Å². The molecule has 4 heteroatoms. The minimum Gasteiger partial charge on any atom is -0.383 e. The van der Waals surface area contributed by atoms with Crippen molar-refractivity contribution in [2.75, 3.05) is 33.4 Å². The molecule has 1 aliphatic heterocycles. The Labute approximate surface area is 98.3 Å². The first kappa shape index (κ1) is 13.5. The zero-order valence-electron chi connectivity index (χ0n) is 10.5. The van der Waals surface area contributed by atoms with Gasteiger partial charge in [0.1, 0.15) is 0 Å². The van der Waals surface area contributed by atoms with Crippen LogP contribution in [0.15, 0.2) is 0 Å². The quantitative estimate of drug-likeness (QED) is 0.707. The fourth-order valence-corrected chi connectivity index (χ4v) is 2.00. The van der Waals surface area contributed by atoms with Crippen LogP contribution in [-0.2, 0) is 9.53 Å². The maximum Gasteiger partial charge on any atom is 0.239 e. The van der Waals surface area contributed by atoms with Crippen LogP contribution in [0.25, 0.3) is 0 Å². The zero-order valence-corrected chi connectivity index (χ0v) is 10.5. The van der Waals surface area contributed by atoms with Crippen molar-refractivity contribution in [2.45, 2.75) is 38.6 Å². The van der Waals surface area contributed by atoms with Crippen molar-refractivity contribution in [1.29, 1.82) is 0 Å². The van der Waals surface area contributed by atoms with E-state index in [9.17, 15) is 4.79 Å². The van der Waals surface area contributed by atoms with Gasteiger partial charge in [-0.3, -0.25) is 4.79 Å². The molecule has 0 radical (unpaired) electrons. The molecule has 1 aliphatic rings. The van der Waals surface area contributed by atoms with Crippen LogP contribution in [0, 0.1) is 0 Å². The van der Waals surface area contributed by atoms with Crippen LogP contribution in [0.5, 0.6) is 0 Å². The molecule has 1 saturated heterocycles. The lowest BCUT2D eigenvalue weighted by Crippen LogP contribution is -2.45. The van der Waals surface area contributed by atoms with Gasteiger partial charge in [-0.15, -0.1) is 0 Å². The van der Waals surface area contributed by atoms with Crippen LogP contribution in [0.3, 0.4) is 0 Å². The molecular weight excluding hydrogens is 204 g/mol. The summed E-state index contributed by atoms with van der Waals surface area (Å²) in [5, 5.41) is 3.26. The molecular formula is C12H24N2O2. The topological polar surface area (TPSA) is 41.6 Å². The number of nitrogens with one attached hydrogen (secondary N) is 1. The average Bonchev–Trinajstić information content (AvgIpc) is 2.82. The number of methoxy groups -OCH3 is 1. The first-order chi connectivity index (χ1) is 7.79. The van der Waals surface area contributed by atoms with Gasteiger partial charge in [-0.1, -0.05) is 13.3 Å². The number of unbranched alkanes of at least 4 members (excludes halogenated alkanes) is 1. The number of hydrogen-bond donors (Lipinski definition) is 1. The molecule has 4 nitrogen and oxygen atoms in total. The Balaban J connectivity index is 2.41. The van der Waals surface area contributed by atoms with Gasteiger partial charge in [0.2, 0.25) is 5.91 Å². The van der Waals surface area contributed by atoms with E-state index in [1.165, 1.54) is 0 Å². The van der Waals surface area contributed by atoms with Crippen LogP contribution in [0.2, 0.25) is 0 Å². The van der Waals surface area contributed by atoms with Gasteiger partial charge in [-0.2, -0.15) is 0 Å². The van der Waals surface area contributed by atoms with Gasteiger partial charge in [0, 0.05) is 20.2 Å². The Morgan fingerprint density at radius 1 is 1.50 bits per heavy atom. The highest BCUT2D eigenvalue weighted by Crippen LogP contribution is 2.09. The molecule has 1 amide bonds. The van der Waals surface area contributed by atoms with Crippen LogP contribution >= 0.6 is 0 Å². The zero-order chi connectivity index (χ0) is 11.8. The van der Waals surface area contributed by atoms with Crippen LogP contribution in [0.1, 0.15) is 32.6 Å². The summed E-state index contributed by atoms with van der Waals surface area (Å²) >= 11 is 0. The normalized spacial score (nSPS) is 20.0. The van der Waals surface area contributed by atoms with E-state index in [2.05, 4.69) is 12.2 Å². The number of carbonyl (C=O) groups excluding carboxylic acids is 1. The largest absolute Gasteiger partial charge is 0.383 e. The van der Waals surface area contributed by atoms with E-state index in [4.69, 9.17) is 4.74 Å². The van der Waals surface area contributed by atoms with Crippen molar-refractivity contribution < 1.29 is 9.53 Å². The molecule has 1 atom stereocenters. The minimum absolute atomic E-state index is 0.0497. The highest BCUT2D eigenvalue weighted by molar-refractivity contribution is 5.82. The van der Waals surface area contributed by atoms with E-state index in [1.807, 2.05) is 4.90 Å². The van der Waals surface area contributed by atoms with Crippen molar-refractivity contribution in [2.24, 2.45) is 0 Å². The minimum atomic E-state index is 0.0497. The molecule has 0 aromatic carbocycles. The maximum atomic E-state index is 12.2. The van der Waals surface area contributed by atoms with E-state index in [0.29, 0.717) is 13.2 Å². The smallest absolute Gasteiger partial charge is 0.239 e. The van der Waals surface area contributed by atoms with E-state index < -0.39 is 0 Å². The summed E-state index contributed by atoms with van der Waals surface area (Å²) in [4.78, 5) is 14.1. The molecule has 0 spiro atoms. The van der Waals surface area contributed by atoms with E-state index in [-0.39, 0.29) is 11.9 Å². The number of amides is 1. The molecule has 0 saturated carbocycles. The second kappa shape index (κ2) is 7.63. The summed E-state index contributed by atoms with van der Waals surface area (Å²) in [5.41, 5.74) is 0. The van der Waals surface area contributed by atoms with Gasteiger partial charge >= 0.3 is 0 Å². The summed E-state index contributed by atoms with van der Waals surface area (Å²) < 4.78 is 5.05. The Hall–Kier alpha value is -0.610. The monoisotopic (exact) mass is 228 g/mol. The Bertz CT molecular complexity index is 195. The lowest BCUT2D eigenvalue weighted by Gasteiger charge is -2.25. The maximum absolute atomic E-state index is 12.2. The van der Waals surface area contributed by atoms with Gasteiger partial charge in [0.25, 0.3) is 0 Å². The molecule has 1 heterocycles. The highest BCUT2D eigenvalue weighted by atomic mass is 16.5. The molecule has 0 bridgehead atoms. The third-order valence-corrected chi connectivity index (χ3v) is 3.02. The third-order valence-electron chi connectivity index (χ3n) is 3.02. The van der Waals surface area contributed by atoms with Gasteiger partial charge in [0.05, 0.1) is 12.6 Å². The van der Waals surface area contributed by atoms with E-state index in [0.717, 1.165) is 38.8 Å². The molecule has 1 N–H and O–H groups in total. The van der Waals surface area contributed by atoms with Crippen molar-refractivity contribution in [1.82, 2.24) is 10.2 Å². The number of hydrogen-bond acceptors (Lipinski definition) is 3. The van der Waals surface area contributed by atoms with E-state index >= 15 is 0 Å². The molecule has 16 heavy (non-hydrogen) atoms. The highest BCUT2D eigenvalue weighted by Gasteiger charge is 2.26. The number of nitrogens with zero attached hydrogens (tertiary/aromatic N) is 1. The van der Waals surface area contributed by atoms with Gasteiger partial charge in [-0.25, -0.2) is 0 Å². The Kier molecular flexibility index (Phi) is 6.42. The summed E-state index contributed by atoms with van der Waals surface area (Å²) in [6.07, 6.45) is 4.29. The molecule has 0 aromatic rings. The standard InChI is InChI=1S/C12H24N2O2/c1-3-4-8-14(9-10-16-2)12(15)11-6-5-7-13-11/h11,13H,3-10H2,1-2H3. The van der Waals surface area contributed by atoms with Gasteiger partial charge in [-0.05, 0) is 25.8 Å². The van der Waals surface area contributed by atoms with Crippen molar-refractivity contribution in [3.8, 4) is 0 Å². The number of ether oxygens (including phenoxy) is 1. The fourth-order valence-electron chi connectivity index (χ4n) is 2.00. The fraction of sp³-hybridized carbons (Fsp3) is 0.917. The molecule has 0 aromatic heterocycles. The molecule has 1 fully saturated rings.